The molecule has 0 atom stereocenters. The first-order valence-corrected chi connectivity index (χ1v) is 6.19. The SMILES string of the molecule is CN(C)C(=O)CCCOc1ccc(C=CC(=O)O)nc1. The molecule has 1 rings (SSSR count). The van der Waals surface area contributed by atoms with Crippen molar-refractivity contribution in [3.05, 3.63) is 30.1 Å². The number of carboxylic acids is 1. The highest BCUT2D eigenvalue weighted by atomic mass is 16.5. The Morgan fingerprint density at radius 3 is 2.70 bits per heavy atom. The minimum Gasteiger partial charge on any atom is -0.492 e. The molecule has 0 bridgehead atoms. The maximum absolute atomic E-state index is 11.3. The lowest BCUT2D eigenvalue weighted by Crippen LogP contribution is -2.21. The number of pyridine rings is 1. The van der Waals surface area contributed by atoms with Crippen LogP contribution < -0.4 is 4.74 Å². The predicted molar refractivity (Wildman–Crippen MR) is 74.3 cm³/mol. The summed E-state index contributed by atoms with van der Waals surface area (Å²) in [5, 5.41) is 8.49. The van der Waals surface area contributed by atoms with Gasteiger partial charge in [-0.1, -0.05) is 0 Å². The van der Waals surface area contributed by atoms with E-state index in [4.69, 9.17) is 9.84 Å². The molecule has 0 aliphatic rings. The van der Waals surface area contributed by atoms with Crippen LogP contribution in [0.25, 0.3) is 6.08 Å². The number of carbonyl (C=O) groups is 2. The third-order valence-corrected chi connectivity index (χ3v) is 2.46. The van der Waals surface area contributed by atoms with Gasteiger partial charge in [-0.25, -0.2) is 4.79 Å². The highest BCUT2D eigenvalue weighted by Crippen LogP contribution is 2.10. The van der Waals surface area contributed by atoms with Crippen LogP contribution in [0.5, 0.6) is 5.75 Å². The summed E-state index contributed by atoms with van der Waals surface area (Å²) in [4.78, 5) is 27.3. The smallest absolute Gasteiger partial charge is 0.328 e. The lowest BCUT2D eigenvalue weighted by molar-refractivity contribution is -0.131. The Hall–Kier alpha value is -2.37. The molecule has 0 spiro atoms. The van der Waals surface area contributed by atoms with Gasteiger partial charge >= 0.3 is 5.97 Å². The van der Waals surface area contributed by atoms with E-state index in [9.17, 15) is 9.59 Å². The first-order chi connectivity index (χ1) is 9.49. The summed E-state index contributed by atoms with van der Waals surface area (Å²) in [6.07, 6.45) is 5.03. The average Bonchev–Trinajstić information content (AvgIpc) is 2.42. The van der Waals surface area contributed by atoms with Crippen molar-refractivity contribution in [3.8, 4) is 5.75 Å². The number of aliphatic carboxylic acids is 1. The second-order valence-electron chi connectivity index (χ2n) is 4.33. The minimum absolute atomic E-state index is 0.0703. The van der Waals surface area contributed by atoms with Crippen molar-refractivity contribution in [3.63, 3.8) is 0 Å². The number of aromatic nitrogens is 1. The molecule has 1 aromatic heterocycles. The fourth-order valence-corrected chi connectivity index (χ4v) is 1.37. The van der Waals surface area contributed by atoms with Crippen molar-refractivity contribution < 1.29 is 19.4 Å². The van der Waals surface area contributed by atoms with Gasteiger partial charge in [0.1, 0.15) is 5.75 Å². The third-order valence-electron chi connectivity index (χ3n) is 2.46. The zero-order chi connectivity index (χ0) is 15.0. The molecule has 0 saturated carbocycles. The maximum Gasteiger partial charge on any atom is 0.328 e. The predicted octanol–water partition coefficient (Wildman–Crippen LogP) is 1.43. The lowest BCUT2D eigenvalue weighted by Gasteiger charge is -2.10. The van der Waals surface area contributed by atoms with Crippen LogP contribution in [0.15, 0.2) is 24.4 Å². The molecular formula is C14H18N2O4. The van der Waals surface area contributed by atoms with Crippen LogP contribution >= 0.6 is 0 Å². The van der Waals surface area contributed by atoms with Crippen molar-refractivity contribution in [1.29, 1.82) is 0 Å². The molecule has 0 fully saturated rings. The van der Waals surface area contributed by atoms with Crippen LogP contribution in [0, 0.1) is 0 Å². The number of hydrogen-bond acceptors (Lipinski definition) is 4. The molecule has 1 aromatic rings. The van der Waals surface area contributed by atoms with E-state index in [0.29, 0.717) is 30.9 Å². The van der Waals surface area contributed by atoms with E-state index in [1.165, 1.54) is 12.3 Å². The van der Waals surface area contributed by atoms with Crippen LogP contribution in [-0.4, -0.2) is 47.6 Å². The summed E-state index contributed by atoms with van der Waals surface area (Å²) in [5.41, 5.74) is 0.544. The molecule has 6 nitrogen and oxygen atoms in total. The van der Waals surface area contributed by atoms with E-state index >= 15 is 0 Å². The number of hydrogen-bond donors (Lipinski definition) is 1. The van der Waals surface area contributed by atoms with E-state index in [2.05, 4.69) is 4.98 Å². The van der Waals surface area contributed by atoms with E-state index in [1.807, 2.05) is 0 Å². The van der Waals surface area contributed by atoms with Gasteiger partial charge in [-0.2, -0.15) is 0 Å². The average molecular weight is 278 g/mol. The Kier molecular flexibility index (Phi) is 6.22. The first kappa shape index (κ1) is 15.7. The van der Waals surface area contributed by atoms with Crippen LogP contribution in [0.1, 0.15) is 18.5 Å². The quantitative estimate of drug-likeness (QED) is 0.603. The second kappa shape index (κ2) is 7.93. The van der Waals surface area contributed by atoms with Crippen LogP contribution in [0.4, 0.5) is 0 Å². The largest absolute Gasteiger partial charge is 0.492 e. The van der Waals surface area contributed by atoms with Gasteiger partial charge in [-0.15, -0.1) is 0 Å². The first-order valence-electron chi connectivity index (χ1n) is 6.19. The summed E-state index contributed by atoms with van der Waals surface area (Å²) in [5.74, 6) is -0.353. The van der Waals surface area contributed by atoms with Crippen molar-refractivity contribution in [2.75, 3.05) is 20.7 Å². The van der Waals surface area contributed by atoms with Crippen molar-refractivity contribution in [2.24, 2.45) is 0 Å². The lowest BCUT2D eigenvalue weighted by atomic mass is 10.3. The Labute approximate surface area is 117 Å². The molecule has 6 heteroatoms. The summed E-state index contributed by atoms with van der Waals surface area (Å²) >= 11 is 0. The topological polar surface area (TPSA) is 79.7 Å². The molecular weight excluding hydrogens is 260 g/mol. The van der Waals surface area contributed by atoms with Gasteiger partial charge in [0.05, 0.1) is 18.5 Å². The number of carbonyl (C=O) groups excluding carboxylic acids is 1. The normalized spacial score (nSPS) is 10.5. The minimum atomic E-state index is -1.02. The fourth-order valence-electron chi connectivity index (χ4n) is 1.37. The number of carboxylic acid groups (broad SMARTS) is 1. The number of ether oxygens (including phenoxy) is 1. The van der Waals surface area contributed by atoms with Gasteiger partial charge < -0.3 is 14.7 Å². The fraction of sp³-hybridized carbons (Fsp3) is 0.357. The Morgan fingerprint density at radius 2 is 2.15 bits per heavy atom. The van der Waals surface area contributed by atoms with Gasteiger partial charge in [0, 0.05) is 26.6 Å². The molecule has 0 unspecified atom stereocenters. The second-order valence-corrected chi connectivity index (χ2v) is 4.33. The molecule has 0 saturated heterocycles. The molecule has 108 valence electrons. The molecule has 0 aromatic carbocycles. The molecule has 0 aliphatic heterocycles. The van der Waals surface area contributed by atoms with E-state index < -0.39 is 5.97 Å². The van der Waals surface area contributed by atoms with Crippen LogP contribution in [0.3, 0.4) is 0 Å². The highest BCUT2D eigenvalue weighted by Gasteiger charge is 2.03. The van der Waals surface area contributed by atoms with Gasteiger partial charge in [0.25, 0.3) is 0 Å². The molecule has 20 heavy (non-hydrogen) atoms. The molecule has 0 aliphatic carbocycles. The molecule has 1 amide bonds. The maximum atomic E-state index is 11.3. The zero-order valence-corrected chi connectivity index (χ0v) is 11.6. The van der Waals surface area contributed by atoms with E-state index in [0.717, 1.165) is 6.08 Å². The van der Waals surface area contributed by atoms with Crippen LogP contribution in [-0.2, 0) is 9.59 Å². The number of amides is 1. The Balaban J connectivity index is 2.35. The number of nitrogens with zero attached hydrogens (tertiary/aromatic N) is 2. The number of rotatable bonds is 7. The van der Waals surface area contributed by atoms with Gasteiger partial charge in [0.15, 0.2) is 0 Å². The zero-order valence-electron chi connectivity index (χ0n) is 11.6. The molecule has 0 radical (unpaired) electrons. The van der Waals surface area contributed by atoms with Gasteiger partial charge in [-0.3, -0.25) is 9.78 Å². The Morgan fingerprint density at radius 1 is 1.40 bits per heavy atom. The monoisotopic (exact) mass is 278 g/mol. The van der Waals surface area contributed by atoms with Gasteiger partial charge in [-0.05, 0) is 24.6 Å². The summed E-state index contributed by atoms with van der Waals surface area (Å²) in [6, 6.07) is 3.38. The third kappa shape index (κ3) is 5.99. The highest BCUT2D eigenvalue weighted by molar-refractivity contribution is 5.84. The molecule has 1 heterocycles. The summed E-state index contributed by atoms with van der Waals surface area (Å²) in [6.45, 7) is 0.436. The van der Waals surface area contributed by atoms with Gasteiger partial charge in [0.2, 0.25) is 5.91 Å². The summed E-state index contributed by atoms with van der Waals surface area (Å²) in [7, 11) is 3.44. The Bertz CT molecular complexity index is 480. The van der Waals surface area contributed by atoms with Crippen molar-refractivity contribution in [2.45, 2.75) is 12.8 Å². The standard InChI is InChI=1S/C14H18N2O4/c1-16(2)13(17)4-3-9-20-12-7-5-11(15-10-12)6-8-14(18)19/h5-8,10H,3-4,9H2,1-2H3,(H,18,19). The van der Waals surface area contributed by atoms with E-state index in [-0.39, 0.29) is 5.91 Å². The molecule has 1 N–H and O–H groups in total. The van der Waals surface area contributed by atoms with E-state index in [1.54, 1.807) is 31.1 Å². The van der Waals surface area contributed by atoms with Crippen molar-refractivity contribution in [1.82, 2.24) is 9.88 Å². The summed E-state index contributed by atoms with van der Waals surface area (Å²) < 4.78 is 5.44. The van der Waals surface area contributed by atoms with Crippen LogP contribution in [0.2, 0.25) is 0 Å². The van der Waals surface area contributed by atoms with Crippen molar-refractivity contribution >= 4 is 18.0 Å².